The molecule has 2 aliphatic rings. The summed E-state index contributed by atoms with van der Waals surface area (Å²) in [6.45, 7) is 0. The van der Waals surface area contributed by atoms with Crippen molar-refractivity contribution in [2.45, 2.75) is 12.1 Å². The van der Waals surface area contributed by atoms with Gasteiger partial charge in [-0.25, -0.2) is 0 Å². The molecule has 0 amide bonds. The van der Waals surface area contributed by atoms with E-state index in [1.54, 1.807) is 0 Å². The number of aliphatic imine (C=N–C) groups is 2. The van der Waals surface area contributed by atoms with E-state index in [2.05, 4.69) is 22.1 Å². The maximum Gasteiger partial charge on any atom is 0.0950 e. The molecule has 3 heteroatoms. The van der Waals surface area contributed by atoms with Crippen LogP contribution in [0.15, 0.2) is 58.6 Å². The number of benzene rings is 1. The van der Waals surface area contributed by atoms with Gasteiger partial charge in [0, 0.05) is 17.5 Å². The summed E-state index contributed by atoms with van der Waals surface area (Å²) in [7, 11) is 0. The number of hydrogen-bond donors (Lipinski definition) is 1. The van der Waals surface area contributed by atoms with E-state index in [0.717, 1.165) is 17.0 Å². The molecule has 0 unspecified atom stereocenters. The highest BCUT2D eigenvalue weighted by Gasteiger charge is 2.20. The molecule has 1 aromatic carbocycles. The number of fused-ring (bicyclic) bond motifs is 1. The second-order valence-corrected chi connectivity index (χ2v) is 4.17. The van der Waals surface area contributed by atoms with Crippen molar-refractivity contribution in [1.29, 1.82) is 0 Å². The van der Waals surface area contributed by atoms with Crippen molar-refractivity contribution in [2.24, 2.45) is 9.98 Å². The number of nitrogen functional groups attached to an aromatic ring is 1. The Morgan fingerprint density at radius 2 is 1.88 bits per heavy atom. The smallest absolute Gasteiger partial charge is 0.0950 e. The Hall–Kier alpha value is -2.16. The number of anilines is 1. The Kier molecular flexibility index (Phi) is 2.37. The fraction of sp³-hybridized carbons (Fsp3) is 0.143. The zero-order valence-corrected chi connectivity index (χ0v) is 9.32. The summed E-state index contributed by atoms with van der Waals surface area (Å²) < 4.78 is 0. The van der Waals surface area contributed by atoms with E-state index in [-0.39, 0.29) is 12.1 Å². The number of allylic oxidation sites excluding steroid dienone is 2. The standard InChI is InChI=1S/C14H13N3/c15-11-5-3-4-10(8-11)14-9-16-12-6-1-2-7-13(12)17-14/h1-9,12-13H,15H2/t12-,13-/m1/s1. The molecule has 0 spiro atoms. The van der Waals surface area contributed by atoms with E-state index in [1.807, 2.05) is 42.6 Å². The van der Waals surface area contributed by atoms with E-state index in [0.29, 0.717) is 0 Å². The highest BCUT2D eigenvalue weighted by atomic mass is 14.9. The van der Waals surface area contributed by atoms with Gasteiger partial charge in [0.15, 0.2) is 0 Å². The van der Waals surface area contributed by atoms with Crippen LogP contribution in [0.1, 0.15) is 5.56 Å². The average Bonchev–Trinajstić information content (AvgIpc) is 2.38. The van der Waals surface area contributed by atoms with Crippen LogP contribution < -0.4 is 5.73 Å². The summed E-state index contributed by atoms with van der Waals surface area (Å²) >= 11 is 0. The van der Waals surface area contributed by atoms with Crippen LogP contribution >= 0.6 is 0 Å². The lowest BCUT2D eigenvalue weighted by atomic mass is 10.0. The first-order chi connectivity index (χ1) is 8.33. The van der Waals surface area contributed by atoms with Crippen molar-refractivity contribution in [3.05, 3.63) is 54.1 Å². The van der Waals surface area contributed by atoms with Crippen LogP contribution in [0, 0.1) is 0 Å². The van der Waals surface area contributed by atoms with Crippen LogP contribution in [0.25, 0.3) is 0 Å². The van der Waals surface area contributed by atoms with Crippen molar-refractivity contribution in [3.63, 3.8) is 0 Å². The SMILES string of the molecule is Nc1cccc(C2=N[C@@H]3C=CC=C[C@H]3N=C2)c1. The van der Waals surface area contributed by atoms with Crippen molar-refractivity contribution < 1.29 is 0 Å². The van der Waals surface area contributed by atoms with E-state index < -0.39 is 0 Å². The molecule has 2 N–H and O–H groups in total. The normalized spacial score (nSPS) is 25.5. The summed E-state index contributed by atoms with van der Waals surface area (Å²) in [5.41, 5.74) is 8.45. The van der Waals surface area contributed by atoms with Crippen LogP contribution in [-0.2, 0) is 0 Å². The van der Waals surface area contributed by atoms with Crippen LogP contribution in [0.3, 0.4) is 0 Å². The highest BCUT2D eigenvalue weighted by molar-refractivity contribution is 6.38. The lowest BCUT2D eigenvalue weighted by Crippen LogP contribution is -2.27. The topological polar surface area (TPSA) is 50.7 Å². The third-order valence-corrected chi connectivity index (χ3v) is 2.92. The molecule has 1 aliphatic carbocycles. The highest BCUT2D eigenvalue weighted by Crippen LogP contribution is 2.18. The van der Waals surface area contributed by atoms with Gasteiger partial charge in [0.05, 0.1) is 17.8 Å². The number of nitrogens with two attached hydrogens (primary N) is 1. The largest absolute Gasteiger partial charge is 0.399 e. The van der Waals surface area contributed by atoms with Crippen LogP contribution in [-0.4, -0.2) is 24.0 Å². The molecule has 3 rings (SSSR count). The molecule has 0 saturated carbocycles. The van der Waals surface area contributed by atoms with Crippen molar-refractivity contribution in [3.8, 4) is 0 Å². The fourth-order valence-corrected chi connectivity index (χ4v) is 2.04. The molecular weight excluding hydrogens is 210 g/mol. The van der Waals surface area contributed by atoms with E-state index in [4.69, 9.17) is 5.73 Å². The maximum atomic E-state index is 5.77. The molecule has 1 aliphatic heterocycles. The van der Waals surface area contributed by atoms with Gasteiger partial charge in [-0.05, 0) is 12.1 Å². The lowest BCUT2D eigenvalue weighted by Gasteiger charge is -2.21. The minimum Gasteiger partial charge on any atom is -0.399 e. The first kappa shape index (κ1) is 10.0. The molecule has 0 fully saturated rings. The van der Waals surface area contributed by atoms with Gasteiger partial charge in [-0.1, -0.05) is 36.4 Å². The molecule has 1 aromatic rings. The maximum absolute atomic E-state index is 5.77. The first-order valence-electron chi connectivity index (χ1n) is 5.65. The first-order valence-corrected chi connectivity index (χ1v) is 5.65. The lowest BCUT2D eigenvalue weighted by molar-refractivity contribution is 0.700. The second kappa shape index (κ2) is 4.01. The molecule has 0 radical (unpaired) electrons. The predicted octanol–water partition coefficient (Wildman–Crippen LogP) is 2.01. The Balaban J connectivity index is 1.95. The van der Waals surface area contributed by atoms with Crippen LogP contribution in [0.4, 0.5) is 5.69 Å². The number of rotatable bonds is 1. The molecule has 0 bridgehead atoms. The third kappa shape index (κ3) is 1.91. The van der Waals surface area contributed by atoms with Gasteiger partial charge < -0.3 is 5.73 Å². The van der Waals surface area contributed by atoms with Crippen molar-refractivity contribution >= 4 is 17.6 Å². The molecule has 0 saturated heterocycles. The molecule has 84 valence electrons. The quantitative estimate of drug-likeness (QED) is 0.727. The molecule has 2 atom stereocenters. The molecule has 17 heavy (non-hydrogen) atoms. The fourth-order valence-electron chi connectivity index (χ4n) is 2.04. The van der Waals surface area contributed by atoms with Gasteiger partial charge in [0.2, 0.25) is 0 Å². The molecule has 0 aromatic heterocycles. The van der Waals surface area contributed by atoms with Gasteiger partial charge in [0.1, 0.15) is 0 Å². The summed E-state index contributed by atoms with van der Waals surface area (Å²) in [6, 6.07) is 8.02. The van der Waals surface area contributed by atoms with Crippen molar-refractivity contribution in [2.75, 3.05) is 5.73 Å². The van der Waals surface area contributed by atoms with E-state index >= 15 is 0 Å². The zero-order chi connectivity index (χ0) is 11.7. The average molecular weight is 223 g/mol. The van der Waals surface area contributed by atoms with Crippen LogP contribution in [0.2, 0.25) is 0 Å². The minimum atomic E-state index is 0.126. The van der Waals surface area contributed by atoms with Gasteiger partial charge in [-0.2, -0.15) is 0 Å². The zero-order valence-electron chi connectivity index (χ0n) is 9.32. The summed E-state index contributed by atoms with van der Waals surface area (Å²) in [4.78, 5) is 9.19. The Bertz CT molecular complexity index is 552. The molecular formula is C14H13N3. The molecule has 1 heterocycles. The van der Waals surface area contributed by atoms with Gasteiger partial charge in [0.25, 0.3) is 0 Å². The van der Waals surface area contributed by atoms with E-state index in [1.165, 1.54) is 0 Å². The van der Waals surface area contributed by atoms with Crippen LogP contribution in [0.5, 0.6) is 0 Å². The summed E-state index contributed by atoms with van der Waals surface area (Å²) in [5, 5.41) is 0. The summed E-state index contributed by atoms with van der Waals surface area (Å²) in [5.74, 6) is 0. The Labute approximate surface area is 100 Å². The Morgan fingerprint density at radius 1 is 1.06 bits per heavy atom. The monoisotopic (exact) mass is 223 g/mol. The van der Waals surface area contributed by atoms with Gasteiger partial charge in [-0.15, -0.1) is 0 Å². The number of nitrogens with zero attached hydrogens (tertiary/aromatic N) is 2. The summed E-state index contributed by atoms with van der Waals surface area (Å²) in [6.07, 6.45) is 10.0. The minimum absolute atomic E-state index is 0.126. The van der Waals surface area contributed by atoms with E-state index in [9.17, 15) is 0 Å². The van der Waals surface area contributed by atoms with Crippen molar-refractivity contribution in [1.82, 2.24) is 0 Å². The van der Waals surface area contributed by atoms with Gasteiger partial charge in [-0.3, -0.25) is 9.98 Å². The predicted molar refractivity (Wildman–Crippen MR) is 71.7 cm³/mol. The second-order valence-electron chi connectivity index (χ2n) is 4.17. The molecule has 3 nitrogen and oxygen atoms in total. The van der Waals surface area contributed by atoms with Gasteiger partial charge >= 0.3 is 0 Å². The number of hydrogen-bond acceptors (Lipinski definition) is 3. The third-order valence-electron chi connectivity index (χ3n) is 2.92. The Morgan fingerprint density at radius 3 is 2.71 bits per heavy atom.